The van der Waals surface area contributed by atoms with Crippen LogP contribution in [0.15, 0.2) is 30.5 Å². The lowest BCUT2D eigenvalue weighted by atomic mass is 10.2. The lowest BCUT2D eigenvalue weighted by Gasteiger charge is -2.12. The molecule has 0 aliphatic heterocycles. The summed E-state index contributed by atoms with van der Waals surface area (Å²) >= 11 is 0. The molecule has 0 saturated carbocycles. The molecule has 1 amide bonds. The van der Waals surface area contributed by atoms with Crippen molar-refractivity contribution >= 4 is 47.3 Å². The van der Waals surface area contributed by atoms with E-state index < -0.39 is 0 Å². The summed E-state index contributed by atoms with van der Waals surface area (Å²) in [5, 5.41) is 7.14. The number of carbonyl (C=O) groups is 1. The zero-order valence-corrected chi connectivity index (χ0v) is 16.6. The lowest BCUT2D eigenvalue weighted by Crippen LogP contribution is -2.30. The van der Waals surface area contributed by atoms with Gasteiger partial charge in [0.2, 0.25) is 5.91 Å². The molecule has 0 unspecified atom stereocenters. The average molecular weight is 391 g/mol. The molecule has 142 valence electrons. The third-order valence-corrected chi connectivity index (χ3v) is 3.61. The maximum absolute atomic E-state index is 11.9. The fourth-order valence-electron chi connectivity index (χ4n) is 2.35. The molecule has 0 fully saturated rings. The van der Waals surface area contributed by atoms with E-state index in [1.165, 1.54) is 5.39 Å². The van der Waals surface area contributed by atoms with E-state index in [-0.39, 0.29) is 37.3 Å². The number of likely N-dealkylation sites (N-methyl/N-ethyl adjacent to an activating group) is 1. The van der Waals surface area contributed by atoms with Crippen molar-refractivity contribution in [2.24, 2.45) is 0 Å². The largest absolute Gasteiger partial charge is 0.383 e. The number of fused-ring (bicyclic) bond motifs is 1. The van der Waals surface area contributed by atoms with Crippen molar-refractivity contribution in [1.29, 1.82) is 0 Å². The maximum atomic E-state index is 11.9. The third-order valence-electron chi connectivity index (χ3n) is 3.61. The first-order valence-electron chi connectivity index (χ1n) is 7.83. The molecular weight excluding hydrogens is 363 g/mol. The van der Waals surface area contributed by atoms with Crippen LogP contribution in [-0.4, -0.2) is 62.8 Å². The molecule has 0 bridgehead atoms. The van der Waals surface area contributed by atoms with Crippen LogP contribution in [0.3, 0.4) is 0 Å². The minimum absolute atomic E-state index is 0. The number of nitrogens with zero attached hydrogens (tertiary/aromatic N) is 2. The van der Waals surface area contributed by atoms with Gasteiger partial charge >= 0.3 is 0 Å². The Morgan fingerprint density at radius 3 is 2.68 bits per heavy atom. The fraction of sp³-hybridized carbons (Fsp3) is 0.471. The van der Waals surface area contributed by atoms with Gasteiger partial charge in [-0.25, -0.2) is 0 Å². The second kappa shape index (κ2) is 12.1. The van der Waals surface area contributed by atoms with E-state index in [0.717, 1.165) is 24.3 Å². The summed E-state index contributed by atoms with van der Waals surface area (Å²) in [7, 11) is 5.77. The topological polar surface area (TPSA) is 58.5 Å². The van der Waals surface area contributed by atoms with Crippen LogP contribution in [0.25, 0.3) is 10.9 Å². The van der Waals surface area contributed by atoms with E-state index in [1.807, 2.05) is 18.2 Å². The minimum atomic E-state index is -0.0492. The first-order chi connectivity index (χ1) is 11.1. The van der Waals surface area contributed by atoms with Crippen LogP contribution < -0.4 is 10.6 Å². The van der Waals surface area contributed by atoms with Crippen LogP contribution in [0.5, 0.6) is 0 Å². The van der Waals surface area contributed by atoms with Gasteiger partial charge < -0.3 is 24.8 Å². The predicted molar refractivity (Wildman–Crippen MR) is 108 cm³/mol. The molecular formula is C17H28Cl2N4O2. The number of hydrogen-bond acceptors (Lipinski definition) is 4. The molecule has 25 heavy (non-hydrogen) atoms. The summed E-state index contributed by atoms with van der Waals surface area (Å²) < 4.78 is 7.14. The molecule has 1 heterocycles. The number of aromatic nitrogens is 1. The summed E-state index contributed by atoms with van der Waals surface area (Å²) in [5.74, 6) is -0.0492. The number of hydrogen-bond donors (Lipinski definition) is 2. The Labute approximate surface area is 161 Å². The standard InChI is InChI=1S/C17H26N4O2.2ClH/c1-20(2)9-10-21-8-6-14-4-5-15(12-16(14)21)19-17(22)13-18-7-11-23-3;;/h4-6,8,12,18H,7,9-11,13H2,1-3H3,(H,19,22);2*1H. The zero-order valence-electron chi connectivity index (χ0n) is 14.9. The Morgan fingerprint density at radius 2 is 2.00 bits per heavy atom. The average Bonchev–Trinajstić information content (AvgIpc) is 2.92. The Morgan fingerprint density at radius 1 is 1.24 bits per heavy atom. The van der Waals surface area contributed by atoms with Gasteiger partial charge in [0.05, 0.1) is 18.7 Å². The predicted octanol–water partition coefficient (Wildman–Crippen LogP) is 2.22. The smallest absolute Gasteiger partial charge is 0.238 e. The van der Waals surface area contributed by atoms with Gasteiger partial charge in [0, 0.05) is 38.6 Å². The number of amides is 1. The number of ether oxygens (including phenoxy) is 1. The van der Waals surface area contributed by atoms with Crippen LogP contribution in [0, 0.1) is 0 Å². The number of benzene rings is 1. The monoisotopic (exact) mass is 390 g/mol. The molecule has 0 saturated heterocycles. The van der Waals surface area contributed by atoms with Crippen LogP contribution in [-0.2, 0) is 16.1 Å². The van der Waals surface area contributed by atoms with Crippen LogP contribution in [0.1, 0.15) is 0 Å². The first kappa shape index (κ1) is 23.7. The molecule has 1 aromatic carbocycles. The van der Waals surface area contributed by atoms with Gasteiger partial charge in [0.1, 0.15) is 0 Å². The van der Waals surface area contributed by atoms with E-state index in [0.29, 0.717) is 13.2 Å². The van der Waals surface area contributed by atoms with Crippen molar-refractivity contribution in [3.8, 4) is 0 Å². The van der Waals surface area contributed by atoms with Gasteiger partial charge in [-0.1, -0.05) is 6.07 Å². The van der Waals surface area contributed by atoms with Crippen LogP contribution in [0.2, 0.25) is 0 Å². The van der Waals surface area contributed by atoms with Crippen molar-refractivity contribution in [3.63, 3.8) is 0 Å². The number of nitrogens with one attached hydrogen (secondary N) is 2. The van der Waals surface area contributed by atoms with Crippen molar-refractivity contribution in [2.75, 3.05) is 52.8 Å². The zero-order chi connectivity index (χ0) is 16.7. The molecule has 6 nitrogen and oxygen atoms in total. The molecule has 2 aromatic rings. The Kier molecular flexibility index (Phi) is 11.5. The number of halogens is 2. The van der Waals surface area contributed by atoms with Gasteiger partial charge in [0.15, 0.2) is 0 Å². The first-order valence-corrected chi connectivity index (χ1v) is 7.83. The van der Waals surface area contributed by atoms with Gasteiger partial charge in [-0.05, 0) is 37.7 Å². The molecule has 2 N–H and O–H groups in total. The van der Waals surface area contributed by atoms with Crippen LogP contribution in [0.4, 0.5) is 5.69 Å². The second-order valence-electron chi connectivity index (χ2n) is 5.80. The van der Waals surface area contributed by atoms with Gasteiger partial charge in [-0.3, -0.25) is 4.79 Å². The second-order valence-corrected chi connectivity index (χ2v) is 5.80. The van der Waals surface area contributed by atoms with Crippen molar-refractivity contribution < 1.29 is 9.53 Å². The van der Waals surface area contributed by atoms with E-state index in [2.05, 4.69) is 46.5 Å². The molecule has 0 aliphatic rings. The summed E-state index contributed by atoms with van der Waals surface area (Å²) in [6.45, 7) is 3.44. The molecule has 1 aromatic heterocycles. The Balaban J connectivity index is 0.00000288. The molecule has 0 spiro atoms. The van der Waals surface area contributed by atoms with Crippen molar-refractivity contribution in [1.82, 2.24) is 14.8 Å². The summed E-state index contributed by atoms with van der Waals surface area (Å²) in [6, 6.07) is 8.10. The van der Waals surface area contributed by atoms with Gasteiger partial charge in [-0.2, -0.15) is 0 Å². The molecule has 0 aliphatic carbocycles. The number of rotatable bonds is 9. The summed E-state index contributed by atoms with van der Waals surface area (Å²) in [5.41, 5.74) is 1.96. The molecule has 8 heteroatoms. The van der Waals surface area contributed by atoms with E-state index in [9.17, 15) is 4.79 Å². The lowest BCUT2D eigenvalue weighted by molar-refractivity contribution is -0.115. The minimum Gasteiger partial charge on any atom is -0.383 e. The van der Waals surface area contributed by atoms with Crippen LogP contribution >= 0.6 is 24.8 Å². The molecule has 2 rings (SSSR count). The number of carbonyl (C=O) groups excluding carboxylic acids is 1. The highest BCUT2D eigenvalue weighted by atomic mass is 35.5. The van der Waals surface area contributed by atoms with Gasteiger partial charge in [0.25, 0.3) is 0 Å². The fourth-order valence-corrected chi connectivity index (χ4v) is 2.35. The normalized spacial score (nSPS) is 10.4. The molecule has 0 radical (unpaired) electrons. The highest BCUT2D eigenvalue weighted by molar-refractivity contribution is 5.94. The Hall–Kier alpha value is -1.31. The molecule has 0 atom stereocenters. The Bertz CT molecular complexity index is 647. The third kappa shape index (κ3) is 7.63. The van der Waals surface area contributed by atoms with E-state index in [1.54, 1.807) is 7.11 Å². The number of methoxy groups -OCH3 is 1. The van der Waals surface area contributed by atoms with Crippen molar-refractivity contribution in [2.45, 2.75) is 6.54 Å². The summed E-state index contributed by atoms with van der Waals surface area (Å²) in [6.07, 6.45) is 2.09. The highest BCUT2D eigenvalue weighted by Crippen LogP contribution is 2.20. The number of anilines is 1. The van der Waals surface area contributed by atoms with E-state index in [4.69, 9.17) is 4.74 Å². The SMILES string of the molecule is COCCNCC(=O)Nc1ccc2ccn(CCN(C)C)c2c1.Cl.Cl. The maximum Gasteiger partial charge on any atom is 0.238 e. The quantitative estimate of drug-likeness (QED) is 0.644. The van der Waals surface area contributed by atoms with Crippen molar-refractivity contribution in [3.05, 3.63) is 30.5 Å². The summed E-state index contributed by atoms with van der Waals surface area (Å²) in [4.78, 5) is 14.1. The van der Waals surface area contributed by atoms with Gasteiger partial charge in [-0.15, -0.1) is 24.8 Å². The van der Waals surface area contributed by atoms with E-state index >= 15 is 0 Å². The highest BCUT2D eigenvalue weighted by Gasteiger charge is 2.06.